The molecule has 3 nitrogen and oxygen atoms in total. The molecule has 2 saturated carbocycles. The second kappa shape index (κ2) is 6.00. The Kier molecular flexibility index (Phi) is 4.29. The smallest absolute Gasteiger partial charge is 0.265 e. The lowest BCUT2D eigenvalue weighted by atomic mass is 9.80. The average Bonchev–Trinajstić information content (AvgIpc) is 3.27. The number of nitrogens with zero attached hydrogens (tertiary/aromatic N) is 1. The maximum atomic E-state index is 12.1. The van der Waals surface area contributed by atoms with E-state index >= 15 is 0 Å². The van der Waals surface area contributed by atoms with Crippen LogP contribution in [0.3, 0.4) is 0 Å². The van der Waals surface area contributed by atoms with Gasteiger partial charge in [0.1, 0.15) is 10.3 Å². The van der Waals surface area contributed by atoms with Gasteiger partial charge in [0.25, 0.3) is 5.56 Å². The van der Waals surface area contributed by atoms with Crippen molar-refractivity contribution in [3.8, 4) is 0 Å². The molecule has 3 rings (SSSR count). The van der Waals surface area contributed by atoms with Crippen molar-refractivity contribution in [2.45, 2.75) is 70.1 Å². The molecule has 0 aliphatic heterocycles. The van der Waals surface area contributed by atoms with Gasteiger partial charge in [-0.05, 0) is 60.4 Å². The van der Waals surface area contributed by atoms with E-state index < -0.39 is 0 Å². The van der Waals surface area contributed by atoms with Crippen molar-refractivity contribution >= 4 is 15.9 Å². The van der Waals surface area contributed by atoms with Gasteiger partial charge in [0.05, 0.1) is 5.69 Å². The van der Waals surface area contributed by atoms with Crippen LogP contribution in [-0.4, -0.2) is 9.97 Å². The minimum atomic E-state index is 0.00702. The second-order valence-electron chi connectivity index (χ2n) is 6.43. The standard InChI is InChI=1S/C16H23BrN2O/c1-2-3-10-4-6-12(7-5-10)15-18-14(11-8-9-11)13(17)16(20)19-15/h10-12H,2-9H2,1H3,(H,18,19,20). The van der Waals surface area contributed by atoms with E-state index in [0.29, 0.717) is 16.3 Å². The van der Waals surface area contributed by atoms with Crippen LogP contribution in [0.5, 0.6) is 0 Å². The fourth-order valence-corrected chi connectivity index (χ4v) is 3.96. The molecular formula is C16H23BrN2O. The van der Waals surface area contributed by atoms with Crippen molar-refractivity contribution in [1.29, 1.82) is 0 Å². The van der Waals surface area contributed by atoms with Crippen molar-refractivity contribution in [1.82, 2.24) is 9.97 Å². The second-order valence-corrected chi connectivity index (χ2v) is 7.22. The van der Waals surface area contributed by atoms with Crippen molar-refractivity contribution < 1.29 is 0 Å². The highest BCUT2D eigenvalue weighted by atomic mass is 79.9. The van der Waals surface area contributed by atoms with E-state index in [9.17, 15) is 4.79 Å². The summed E-state index contributed by atoms with van der Waals surface area (Å²) in [4.78, 5) is 19.8. The molecule has 2 fully saturated rings. The van der Waals surface area contributed by atoms with Crippen LogP contribution in [0.1, 0.15) is 81.6 Å². The molecule has 110 valence electrons. The number of aromatic nitrogens is 2. The first-order chi connectivity index (χ1) is 9.69. The Hall–Kier alpha value is -0.640. The lowest BCUT2D eigenvalue weighted by Crippen LogP contribution is -2.21. The van der Waals surface area contributed by atoms with E-state index in [4.69, 9.17) is 4.98 Å². The summed E-state index contributed by atoms with van der Waals surface area (Å²) in [6.45, 7) is 2.27. The normalized spacial score (nSPS) is 26.7. The summed E-state index contributed by atoms with van der Waals surface area (Å²) >= 11 is 3.40. The number of H-pyrrole nitrogens is 1. The first-order valence-electron chi connectivity index (χ1n) is 7.98. The van der Waals surface area contributed by atoms with Gasteiger partial charge in [0, 0.05) is 11.8 Å². The van der Waals surface area contributed by atoms with Crippen LogP contribution in [0, 0.1) is 5.92 Å². The summed E-state index contributed by atoms with van der Waals surface area (Å²) in [6, 6.07) is 0. The third-order valence-electron chi connectivity index (χ3n) is 4.80. The molecule has 1 aromatic heterocycles. The third kappa shape index (κ3) is 3.00. The Morgan fingerprint density at radius 2 is 1.80 bits per heavy atom. The Morgan fingerprint density at radius 1 is 1.15 bits per heavy atom. The number of aromatic amines is 1. The summed E-state index contributed by atoms with van der Waals surface area (Å²) in [7, 11) is 0. The Morgan fingerprint density at radius 3 is 2.40 bits per heavy atom. The van der Waals surface area contributed by atoms with Gasteiger partial charge in [0.15, 0.2) is 0 Å². The SMILES string of the molecule is CCCC1CCC(c2nc(C3CC3)c(Br)c(=O)[nH]2)CC1. The fraction of sp³-hybridized carbons (Fsp3) is 0.750. The van der Waals surface area contributed by atoms with Crippen molar-refractivity contribution in [3.05, 3.63) is 26.3 Å². The molecule has 0 unspecified atom stereocenters. The van der Waals surface area contributed by atoms with Crippen LogP contribution in [0.2, 0.25) is 0 Å². The summed E-state index contributed by atoms with van der Waals surface area (Å²) in [6.07, 6.45) is 9.93. The van der Waals surface area contributed by atoms with Crippen molar-refractivity contribution in [2.24, 2.45) is 5.92 Å². The zero-order valence-electron chi connectivity index (χ0n) is 12.1. The number of hydrogen-bond donors (Lipinski definition) is 1. The van der Waals surface area contributed by atoms with E-state index in [0.717, 1.165) is 17.4 Å². The largest absolute Gasteiger partial charge is 0.309 e. The molecule has 1 heterocycles. The Labute approximate surface area is 128 Å². The molecule has 0 atom stereocenters. The van der Waals surface area contributed by atoms with Gasteiger partial charge in [-0.2, -0.15) is 0 Å². The number of rotatable bonds is 4. The van der Waals surface area contributed by atoms with Crippen LogP contribution in [0.4, 0.5) is 0 Å². The molecule has 1 N–H and O–H groups in total. The molecule has 4 heteroatoms. The van der Waals surface area contributed by atoms with E-state index in [-0.39, 0.29) is 5.56 Å². The monoisotopic (exact) mass is 338 g/mol. The minimum Gasteiger partial charge on any atom is -0.309 e. The van der Waals surface area contributed by atoms with Gasteiger partial charge in [0.2, 0.25) is 0 Å². The minimum absolute atomic E-state index is 0.00702. The molecule has 0 radical (unpaired) electrons. The van der Waals surface area contributed by atoms with E-state index in [1.165, 1.54) is 51.4 Å². The van der Waals surface area contributed by atoms with E-state index in [1.807, 2.05) is 0 Å². The fourth-order valence-electron chi connectivity index (χ4n) is 3.45. The molecule has 0 aromatic carbocycles. The molecule has 0 saturated heterocycles. The summed E-state index contributed by atoms with van der Waals surface area (Å²) in [5.41, 5.74) is 1.01. The number of nitrogens with one attached hydrogen (secondary N) is 1. The molecular weight excluding hydrogens is 316 g/mol. The molecule has 0 bridgehead atoms. The predicted octanol–water partition coefficient (Wildman–Crippen LogP) is 4.48. The van der Waals surface area contributed by atoms with Crippen LogP contribution >= 0.6 is 15.9 Å². The summed E-state index contributed by atoms with van der Waals surface area (Å²) < 4.78 is 0.656. The molecule has 0 amide bonds. The van der Waals surface area contributed by atoms with Crippen molar-refractivity contribution in [2.75, 3.05) is 0 Å². The van der Waals surface area contributed by atoms with Crippen LogP contribution in [0.25, 0.3) is 0 Å². The molecule has 1 aromatic rings. The zero-order chi connectivity index (χ0) is 14.1. The van der Waals surface area contributed by atoms with Gasteiger partial charge >= 0.3 is 0 Å². The summed E-state index contributed by atoms with van der Waals surface area (Å²) in [5, 5.41) is 0. The van der Waals surface area contributed by atoms with Crippen LogP contribution in [-0.2, 0) is 0 Å². The lowest BCUT2D eigenvalue weighted by Gasteiger charge is -2.27. The van der Waals surface area contributed by atoms with Gasteiger partial charge in [-0.15, -0.1) is 0 Å². The van der Waals surface area contributed by atoms with Gasteiger partial charge < -0.3 is 4.98 Å². The van der Waals surface area contributed by atoms with Crippen LogP contribution in [0.15, 0.2) is 9.27 Å². The van der Waals surface area contributed by atoms with E-state index in [1.54, 1.807) is 0 Å². The zero-order valence-corrected chi connectivity index (χ0v) is 13.7. The highest BCUT2D eigenvalue weighted by molar-refractivity contribution is 9.10. The lowest BCUT2D eigenvalue weighted by molar-refractivity contribution is 0.301. The highest BCUT2D eigenvalue weighted by Gasteiger charge is 2.30. The molecule has 0 spiro atoms. The molecule has 20 heavy (non-hydrogen) atoms. The predicted molar refractivity (Wildman–Crippen MR) is 84.1 cm³/mol. The van der Waals surface area contributed by atoms with Gasteiger partial charge in [-0.3, -0.25) is 4.79 Å². The maximum Gasteiger partial charge on any atom is 0.265 e. The maximum absolute atomic E-state index is 12.1. The highest BCUT2D eigenvalue weighted by Crippen LogP contribution is 2.42. The topological polar surface area (TPSA) is 45.8 Å². The first kappa shape index (κ1) is 14.3. The third-order valence-corrected chi connectivity index (χ3v) is 5.57. The molecule has 2 aliphatic carbocycles. The Bertz CT molecular complexity index is 528. The van der Waals surface area contributed by atoms with Crippen molar-refractivity contribution in [3.63, 3.8) is 0 Å². The van der Waals surface area contributed by atoms with Crippen LogP contribution < -0.4 is 5.56 Å². The van der Waals surface area contributed by atoms with E-state index in [2.05, 4.69) is 27.8 Å². The van der Waals surface area contributed by atoms with Gasteiger partial charge in [-0.1, -0.05) is 19.8 Å². The average molecular weight is 339 g/mol. The number of halogens is 1. The summed E-state index contributed by atoms with van der Waals surface area (Å²) in [5.74, 6) is 2.81. The quantitative estimate of drug-likeness (QED) is 0.879. The molecule has 2 aliphatic rings. The first-order valence-corrected chi connectivity index (χ1v) is 8.78. The Balaban J connectivity index is 1.76. The van der Waals surface area contributed by atoms with Gasteiger partial charge in [-0.25, -0.2) is 4.98 Å². The number of hydrogen-bond acceptors (Lipinski definition) is 2.